The van der Waals surface area contributed by atoms with Crippen LogP contribution in [0.15, 0.2) is 30.6 Å². The van der Waals surface area contributed by atoms with Gasteiger partial charge in [0.15, 0.2) is 0 Å². The van der Waals surface area contributed by atoms with E-state index >= 15 is 0 Å². The molecule has 0 bridgehead atoms. The third-order valence-corrected chi connectivity index (χ3v) is 3.44. The number of carboxylic acid groups (broad SMARTS) is 1. The van der Waals surface area contributed by atoms with Gasteiger partial charge in [-0.2, -0.15) is 5.10 Å². The van der Waals surface area contributed by atoms with E-state index in [4.69, 9.17) is 5.11 Å². The van der Waals surface area contributed by atoms with Crippen LogP contribution in [0, 0.1) is 0 Å². The van der Waals surface area contributed by atoms with Gasteiger partial charge in [-0.3, -0.25) is 9.89 Å². The predicted molar refractivity (Wildman–Crippen MR) is 72.0 cm³/mol. The van der Waals surface area contributed by atoms with Crippen molar-refractivity contribution in [3.8, 4) is 0 Å². The molecule has 2 N–H and O–H groups in total. The largest absolute Gasteiger partial charge is 0.478 e. The summed E-state index contributed by atoms with van der Waals surface area (Å²) in [6, 6.07) is 4.88. The first kappa shape index (κ1) is 12.4. The molecule has 6 heteroatoms. The molecule has 0 unspecified atom stereocenters. The molecular weight excluding hydrogens is 258 g/mol. The van der Waals surface area contributed by atoms with Crippen LogP contribution in [0.3, 0.4) is 0 Å². The molecule has 0 saturated carbocycles. The molecule has 0 aliphatic carbocycles. The van der Waals surface area contributed by atoms with Crippen molar-refractivity contribution >= 4 is 17.6 Å². The average Bonchev–Trinajstić information content (AvgIpc) is 2.99. The number of amides is 1. The summed E-state index contributed by atoms with van der Waals surface area (Å²) in [4.78, 5) is 25.1. The van der Waals surface area contributed by atoms with Gasteiger partial charge in [-0.15, -0.1) is 0 Å². The first-order valence-electron chi connectivity index (χ1n) is 6.33. The fraction of sp³-hybridized carbons (Fsp3) is 0.214. The van der Waals surface area contributed by atoms with E-state index in [1.807, 2.05) is 0 Å². The van der Waals surface area contributed by atoms with Crippen LogP contribution in [0.1, 0.15) is 32.7 Å². The van der Waals surface area contributed by atoms with Crippen LogP contribution in [0.2, 0.25) is 0 Å². The van der Waals surface area contributed by atoms with Crippen molar-refractivity contribution in [2.24, 2.45) is 0 Å². The third kappa shape index (κ3) is 2.05. The number of carboxylic acids is 1. The summed E-state index contributed by atoms with van der Waals surface area (Å²) in [5, 5.41) is 15.4. The molecule has 6 nitrogen and oxygen atoms in total. The van der Waals surface area contributed by atoms with Gasteiger partial charge in [-0.1, -0.05) is 0 Å². The van der Waals surface area contributed by atoms with Gasteiger partial charge in [0.25, 0.3) is 5.91 Å². The number of anilines is 1. The molecule has 0 radical (unpaired) electrons. The summed E-state index contributed by atoms with van der Waals surface area (Å²) in [6.07, 6.45) is 4.65. The minimum atomic E-state index is -0.953. The fourth-order valence-electron chi connectivity index (χ4n) is 2.46. The van der Waals surface area contributed by atoms with Crippen LogP contribution >= 0.6 is 0 Å². The summed E-state index contributed by atoms with van der Waals surface area (Å²) in [6.45, 7) is 0.628. The zero-order chi connectivity index (χ0) is 14.1. The Morgan fingerprint density at radius 1 is 1.30 bits per heavy atom. The summed E-state index contributed by atoms with van der Waals surface area (Å²) in [7, 11) is 0. The molecule has 20 heavy (non-hydrogen) atoms. The van der Waals surface area contributed by atoms with E-state index in [2.05, 4.69) is 10.2 Å². The molecule has 3 rings (SSSR count). The monoisotopic (exact) mass is 271 g/mol. The number of fused-ring (bicyclic) bond motifs is 1. The number of hydrogen-bond donors (Lipinski definition) is 2. The normalized spacial score (nSPS) is 13.9. The van der Waals surface area contributed by atoms with Crippen molar-refractivity contribution in [1.29, 1.82) is 0 Å². The number of rotatable bonds is 2. The maximum absolute atomic E-state index is 12.4. The van der Waals surface area contributed by atoms with Crippen molar-refractivity contribution in [3.63, 3.8) is 0 Å². The Morgan fingerprint density at radius 3 is 2.85 bits per heavy atom. The highest BCUT2D eigenvalue weighted by Gasteiger charge is 2.24. The number of nitrogens with one attached hydrogen (secondary N) is 1. The lowest BCUT2D eigenvalue weighted by molar-refractivity contribution is 0.0696. The second kappa shape index (κ2) is 4.80. The van der Waals surface area contributed by atoms with Gasteiger partial charge >= 0.3 is 5.97 Å². The van der Waals surface area contributed by atoms with Crippen molar-refractivity contribution in [2.45, 2.75) is 12.8 Å². The number of aromatic carboxylic acids is 1. The van der Waals surface area contributed by atoms with Crippen LogP contribution in [-0.4, -0.2) is 33.7 Å². The van der Waals surface area contributed by atoms with E-state index in [0.29, 0.717) is 12.1 Å². The second-order valence-corrected chi connectivity index (χ2v) is 4.70. The molecule has 0 spiro atoms. The summed E-state index contributed by atoms with van der Waals surface area (Å²) in [5.74, 6) is -1.08. The van der Waals surface area contributed by atoms with Crippen molar-refractivity contribution in [3.05, 3.63) is 47.3 Å². The summed E-state index contributed by atoms with van der Waals surface area (Å²) >= 11 is 0. The lowest BCUT2D eigenvalue weighted by atomic mass is 9.98. The maximum Gasteiger partial charge on any atom is 0.335 e. The van der Waals surface area contributed by atoms with Crippen molar-refractivity contribution in [1.82, 2.24) is 10.2 Å². The molecule has 0 atom stereocenters. The van der Waals surface area contributed by atoms with Crippen LogP contribution in [0.25, 0.3) is 0 Å². The highest BCUT2D eigenvalue weighted by molar-refractivity contribution is 6.06. The smallest absolute Gasteiger partial charge is 0.335 e. The molecule has 1 aliphatic rings. The Morgan fingerprint density at radius 2 is 2.15 bits per heavy atom. The van der Waals surface area contributed by atoms with Gasteiger partial charge in [0, 0.05) is 18.4 Å². The minimum Gasteiger partial charge on any atom is -0.478 e. The molecule has 1 aliphatic heterocycles. The topological polar surface area (TPSA) is 86.3 Å². The number of benzene rings is 1. The number of aromatic amines is 1. The molecule has 0 fully saturated rings. The predicted octanol–water partition coefficient (Wildman–Crippen LogP) is 1.70. The van der Waals surface area contributed by atoms with Gasteiger partial charge < -0.3 is 10.0 Å². The van der Waals surface area contributed by atoms with Gasteiger partial charge in [-0.05, 0) is 36.6 Å². The van der Waals surface area contributed by atoms with E-state index in [9.17, 15) is 9.59 Å². The Kier molecular flexibility index (Phi) is 2.98. The standard InChI is InChI=1S/C14H13N3O3/c18-13(11-7-15-16-8-11)17-5-1-2-9-6-10(14(19)20)3-4-12(9)17/h3-4,6-8H,1-2,5H2,(H,15,16)(H,19,20). The lowest BCUT2D eigenvalue weighted by Crippen LogP contribution is -2.35. The number of nitrogens with zero attached hydrogens (tertiary/aromatic N) is 2. The molecule has 1 aromatic carbocycles. The first-order valence-corrected chi connectivity index (χ1v) is 6.33. The Hall–Kier alpha value is -2.63. The molecule has 2 aromatic rings. The third-order valence-electron chi connectivity index (χ3n) is 3.44. The highest BCUT2D eigenvalue weighted by atomic mass is 16.4. The zero-order valence-electron chi connectivity index (χ0n) is 10.7. The van der Waals surface area contributed by atoms with Gasteiger partial charge in [0.1, 0.15) is 0 Å². The lowest BCUT2D eigenvalue weighted by Gasteiger charge is -2.29. The number of carbonyl (C=O) groups excluding carboxylic acids is 1. The van der Waals surface area contributed by atoms with Crippen LogP contribution in [-0.2, 0) is 6.42 Å². The van der Waals surface area contributed by atoms with Gasteiger partial charge in [0.05, 0.1) is 17.3 Å². The summed E-state index contributed by atoms with van der Waals surface area (Å²) in [5.41, 5.74) is 2.43. The van der Waals surface area contributed by atoms with Crippen molar-refractivity contribution < 1.29 is 14.7 Å². The van der Waals surface area contributed by atoms with Gasteiger partial charge in [0.2, 0.25) is 0 Å². The second-order valence-electron chi connectivity index (χ2n) is 4.70. The highest BCUT2D eigenvalue weighted by Crippen LogP contribution is 2.29. The van der Waals surface area contributed by atoms with Crippen LogP contribution in [0.4, 0.5) is 5.69 Å². The fourth-order valence-corrected chi connectivity index (χ4v) is 2.46. The van der Waals surface area contributed by atoms with E-state index in [1.54, 1.807) is 23.2 Å². The summed E-state index contributed by atoms with van der Waals surface area (Å²) < 4.78 is 0. The first-order chi connectivity index (χ1) is 9.66. The average molecular weight is 271 g/mol. The maximum atomic E-state index is 12.4. The SMILES string of the molecule is O=C(O)c1ccc2c(c1)CCCN2C(=O)c1cn[nH]c1. The number of aryl methyl sites for hydroxylation is 1. The number of hydrogen-bond acceptors (Lipinski definition) is 3. The zero-order valence-corrected chi connectivity index (χ0v) is 10.7. The Labute approximate surface area is 115 Å². The van der Waals surface area contributed by atoms with Crippen LogP contribution in [0.5, 0.6) is 0 Å². The van der Waals surface area contributed by atoms with E-state index in [0.717, 1.165) is 24.1 Å². The molecule has 2 heterocycles. The number of aromatic nitrogens is 2. The van der Waals surface area contributed by atoms with E-state index in [-0.39, 0.29) is 11.5 Å². The van der Waals surface area contributed by atoms with Gasteiger partial charge in [-0.25, -0.2) is 4.79 Å². The molecule has 0 saturated heterocycles. The van der Waals surface area contributed by atoms with E-state index in [1.165, 1.54) is 12.3 Å². The van der Waals surface area contributed by atoms with Crippen molar-refractivity contribution in [2.75, 3.05) is 11.4 Å². The number of carbonyl (C=O) groups is 2. The Bertz CT molecular complexity index is 664. The van der Waals surface area contributed by atoms with E-state index < -0.39 is 5.97 Å². The Balaban J connectivity index is 1.98. The van der Waals surface area contributed by atoms with Crippen LogP contribution < -0.4 is 4.90 Å². The quantitative estimate of drug-likeness (QED) is 0.870. The number of H-pyrrole nitrogens is 1. The molecule has 1 aromatic heterocycles. The molecule has 102 valence electrons. The molecular formula is C14H13N3O3. The molecule has 1 amide bonds. The minimum absolute atomic E-state index is 0.122.